The average Bonchev–Trinajstić information content (AvgIpc) is 2.44. The molecule has 0 aliphatic heterocycles. The summed E-state index contributed by atoms with van der Waals surface area (Å²) in [4.78, 5) is 23.5. The monoisotopic (exact) mass is 281 g/mol. The normalized spacial score (nSPS) is 15.0. The van der Waals surface area contributed by atoms with Crippen molar-refractivity contribution >= 4 is 11.9 Å². The van der Waals surface area contributed by atoms with Crippen LogP contribution in [0.1, 0.15) is 12.5 Å². The Hall–Kier alpha value is -1.92. The SMILES string of the molecule is CCOC(=O)[C@@H](Cc1ccccc1)[C@](N)(O)C(=O)OC. The van der Waals surface area contributed by atoms with Gasteiger partial charge in [-0.15, -0.1) is 0 Å². The molecule has 0 spiro atoms. The summed E-state index contributed by atoms with van der Waals surface area (Å²) >= 11 is 0. The zero-order valence-corrected chi connectivity index (χ0v) is 11.5. The van der Waals surface area contributed by atoms with E-state index in [9.17, 15) is 14.7 Å². The Kier molecular flexibility index (Phi) is 5.66. The molecule has 0 saturated carbocycles. The lowest BCUT2D eigenvalue weighted by atomic mass is 9.89. The van der Waals surface area contributed by atoms with E-state index in [4.69, 9.17) is 10.5 Å². The summed E-state index contributed by atoms with van der Waals surface area (Å²) in [6, 6.07) is 8.91. The Morgan fingerprint density at radius 2 is 1.95 bits per heavy atom. The number of carbonyl (C=O) groups is 2. The van der Waals surface area contributed by atoms with Gasteiger partial charge in [-0.05, 0) is 18.9 Å². The first-order valence-electron chi connectivity index (χ1n) is 6.23. The minimum atomic E-state index is -2.43. The van der Waals surface area contributed by atoms with E-state index in [-0.39, 0.29) is 13.0 Å². The molecule has 110 valence electrons. The molecule has 0 aromatic heterocycles. The molecule has 1 aromatic rings. The first-order valence-corrected chi connectivity index (χ1v) is 6.23. The van der Waals surface area contributed by atoms with Crippen LogP contribution in [-0.2, 0) is 25.5 Å². The zero-order valence-electron chi connectivity index (χ0n) is 11.5. The Morgan fingerprint density at radius 1 is 1.35 bits per heavy atom. The fraction of sp³-hybridized carbons (Fsp3) is 0.429. The molecule has 6 heteroatoms. The van der Waals surface area contributed by atoms with E-state index in [0.717, 1.165) is 12.7 Å². The second kappa shape index (κ2) is 7.02. The second-order valence-electron chi connectivity index (χ2n) is 4.31. The molecule has 0 saturated heterocycles. The molecule has 20 heavy (non-hydrogen) atoms. The van der Waals surface area contributed by atoms with Crippen molar-refractivity contribution in [1.82, 2.24) is 0 Å². The molecule has 0 amide bonds. The molecule has 2 atom stereocenters. The largest absolute Gasteiger partial charge is 0.466 e. The fourth-order valence-electron chi connectivity index (χ4n) is 1.82. The summed E-state index contributed by atoms with van der Waals surface area (Å²) in [5.41, 5.74) is 3.89. The Labute approximate surface area is 117 Å². The van der Waals surface area contributed by atoms with Gasteiger partial charge in [-0.3, -0.25) is 10.5 Å². The molecule has 0 aliphatic carbocycles. The maximum atomic E-state index is 11.9. The number of methoxy groups -OCH3 is 1. The molecule has 0 unspecified atom stereocenters. The zero-order chi connectivity index (χ0) is 15.2. The van der Waals surface area contributed by atoms with Crippen LogP contribution in [0.4, 0.5) is 0 Å². The van der Waals surface area contributed by atoms with Crippen LogP contribution in [0.15, 0.2) is 30.3 Å². The molecular formula is C14H19NO5. The van der Waals surface area contributed by atoms with Crippen LogP contribution in [0.2, 0.25) is 0 Å². The number of hydrogen-bond donors (Lipinski definition) is 2. The second-order valence-corrected chi connectivity index (χ2v) is 4.31. The third-order valence-corrected chi connectivity index (χ3v) is 2.90. The molecule has 1 rings (SSSR count). The van der Waals surface area contributed by atoms with Gasteiger partial charge in [-0.1, -0.05) is 30.3 Å². The number of carbonyl (C=O) groups excluding carboxylic acids is 2. The molecule has 0 bridgehead atoms. The number of benzene rings is 1. The van der Waals surface area contributed by atoms with Gasteiger partial charge in [0, 0.05) is 0 Å². The maximum Gasteiger partial charge on any atom is 0.354 e. The highest BCUT2D eigenvalue weighted by molar-refractivity contribution is 5.87. The van der Waals surface area contributed by atoms with E-state index in [2.05, 4.69) is 4.74 Å². The smallest absolute Gasteiger partial charge is 0.354 e. The molecular weight excluding hydrogens is 262 g/mol. The molecule has 0 aliphatic rings. The van der Waals surface area contributed by atoms with Crippen molar-refractivity contribution in [3.05, 3.63) is 35.9 Å². The van der Waals surface area contributed by atoms with Gasteiger partial charge in [0.1, 0.15) is 5.92 Å². The van der Waals surface area contributed by atoms with Crippen molar-refractivity contribution in [2.45, 2.75) is 19.1 Å². The number of esters is 2. The summed E-state index contributed by atoms with van der Waals surface area (Å²) in [5.74, 6) is -3.06. The van der Waals surface area contributed by atoms with Gasteiger partial charge < -0.3 is 14.6 Å². The van der Waals surface area contributed by atoms with Gasteiger partial charge in [0.15, 0.2) is 0 Å². The first-order chi connectivity index (χ1) is 9.43. The Balaban J connectivity index is 3.02. The van der Waals surface area contributed by atoms with Crippen molar-refractivity contribution in [3.8, 4) is 0 Å². The van der Waals surface area contributed by atoms with Gasteiger partial charge in [-0.2, -0.15) is 0 Å². The van der Waals surface area contributed by atoms with Gasteiger partial charge in [0.2, 0.25) is 5.72 Å². The summed E-state index contributed by atoms with van der Waals surface area (Å²) in [6.45, 7) is 1.76. The van der Waals surface area contributed by atoms with E-state index in [0.29, 0.717) is 0 Å². The molecule has 0 fully saturated rings. The average molecular weight is 281 g/mol. The van der Waals surface area contributed by atoms with Gasteiger partial charge >= 0.3 is 11.9 Å². The predicted octanol–water partition coefficient (Wildman–Crippen LogP) is 0.229. The van der Waals surface area contributed by atoms with Crippen molar-refractivity contribution in [2.75, 3.05) is 13.7 Å². The number of hydrogen-bond acceptors (Lipinski definition) is 6. The maximum absolute atomic E-state index is 11.9. The lowest BCUT2D eigenvalue weighted by Crippen LogP contribution is -2.58. The summed E-state index contributed by atoms with van der Waals surface area (Å²) < 4.78 is 9.31. The topological polar surface area (TPSA) is 98.9 Å². The van der Waals surface area contributed by atoms with Crippen LogP contribution in [0.5, 0.6) is 0 Å². The Bertz CT molecular complexity index is 458. The predicted molar refractivity (Wildman–Crippen MR) is 71.4 cm³/mol. The van der Waals surface area contributed by atoms with Crippen molar-refractivity contribution in [2.24, 2.45) is 11.7 Å². The van der Waals surface area contributed by atoms with Crippen LogP contribution in [-0.4, -0.2) is 36.5 Å². The van der Waals surface area contributed by atoms with Crippen LogP contribution >= 0.6 is 0 Å². The third kappa shape index (κ3) is 3.79. The molecule has 6 nitrogen and oxygen atoms in total. The lowest BCUT2D eigenvalue weighted by molar-refractivity contribution is -0.178. The minimum Gasteiger partial charge on any atom is -0.466 e. The fourth-order valence-corrected chi connectivity index (χ4v) is 1.82. The lowest BCUT2D eigenvalue weighted by Gasteiger charge is -2.28. The van der Waals surface area contributed by atoms with Crippen molar-refractivity contribution in [1.29, 1.82) is 0 Å². The van der Waals surface area contributed by atoms with Gasteiger partial charge in [0.05, 0.1) is 13.7 Å². The molecule has 3 N–H and O–H groups in total. The number of ether oxygens (including phenoxy) is 2. The van der Waals surface area contributed by atoms with E-state index in [1.165, 1.54) is 0 Å². The summed E-state index contributed by atoms with van der Waals surface area (Å²) in [5, 5.41) is 10.1. The van der Waals surface area contributed by atoms with Crippen molar-refractivity contribution in [3.63, 3.8) is 0 Å². The van der Waals surface area contributed by atoms with Gasteiger partial charge in [-0.25, -0.2) is 4.79 Å². The van der Waals surface area contributed by atoms with E-state index >= 15 is 0 Å². The standard InChI is InChI=1S/C14H19NO5/c1-3-20-12(16)11(14(15,18)13(17)19-2)9-10-7-5-4-6-8-10/h4-8,11,18H,3,9,15H2,1-2H3/t11-,14+/m1/s1. The number of aliphatic hydroxyl groups is 1. The number of nitrogens with two attached hydrogens (primary N) is 1. The van der Waals surface area contributed by atoms with E-state index < -0.39 is 23.6 Å². The van der Waals surface area contributed by atoms with E-state index in [1.54, 1.807) is 31.2 Å². The molecule has 0 heterocycles. The summed E-state index contributed by atoms with van der Waals surface area (Å²) in [6.07, 6.45) is 0.0712. The highest BCUT2D eigenvalue weighted by Crippen LogP contribution is 2.21. The highest BCUT2D eigenvalue weighted by atomic mass is 16.6. The number of rotatable bonds is 6. The molecule has 0 radical (unpaired) electrons. The van der Waals surface area contributed by atoms with Crippen LogP contribution in [0.3, 0.4) is 0 Å². The molecule has 1 aromatic carbocycles. The highest BCUT2D eigenvalue weighted by Gasteiger charge is 2.46. The quantitative estimate of drug-likeness (QED) is 0.572. The Morgan fingerprint density at radius 3 is 2.45 bits per heavy atom. The summed E-state index contributed by atoms with van der Waals surface area (Å²) in [7, 11) is 1.09. The van der Waals surface area contributed by atoms with Crippen molar-refractivity contribution < 1.29 is 24.2 Å². The van der Waals surface area contributed by atoms with Crippen LogP contribution in [0, 0.1) is 5.92 Å². The van der Waals surface area contributed by atoms with E-state index in [1.807, 2.05) is 6.07 Å². The third-order valence-electron chi connectivity index (χ3n) is 2.90. The van der Waals surface area contributed by atoms with Crippen LogP contribution in [0.25, 0.3) is 0 Å². The minimum absolute atomic E-state index is 0.0712. The van der Waals surface area contributed by atoms with Crippen LogP contribution < -0.4 is 5.73 Å². The first kappa shape index (κ1) is 16.1. The van der Waals surface area contributed by atoms with Gasteiger partial charge in [0.25, 0.3) is 0 Å².